The van der Waals surface area contributed by atoms with Gasteiger partial charge in [-0.05, 0) is 31.4 Å². The molecule has 0 aliphatic heterocycles. The van der Waals surface area contributed by atoms with Crippen LogP contribution in [0.2, 0.25) is 0 Å². The quantitative estimate of drug-likeness (QED) is 0.358. The fourth-order valence-electron chi connectivity index (χ4n) is 3.81. The number of anilines is 2. The van der Waals surface area contributed by atoms with Gasteiger partial charge in [0.2, 0.25) is 5.89 Å². The molecule has 0 saturated heterocycles. The molecule has 1 atom stereocenters. The average molecular weight is 461 g/mol. The first kappa shape index (κ1) is 21.2. The van der Waals surface area contributed by atoms with Crippen molar-refractivity contribution in [1.29, 1.82) is 0 Å². The highest BCUT2D eigenvalue weighted by Gasteiger charge is 2.23. The van der Waals surface area contributed by atoms with Crippen molar-refractivity contribution >= 4 is 22.4 Å². The van der Waals surface area contributed by atoms with E-state index < -0.39 is 17.4 Å². The van der Waals surface area contributed by atoms with E-state index >= 15 is 0 Å². The molecule has 172 valence electrons. The number of hydrogen-bond acceptors (Lipinski definition) is 9. The van der Waals surface area contributed by atoms with E-state index in [1.807, 2.05) is 13.8 Å². The first-order chi connectivity index (χ1) is 16.3. The molecule has 4 N–H and O–H groups in total. The van der Waals surface area contributed by atoms with Gasteiger partial charge in [-0.15, -0.1) is 10.2 Å². The van der Waals surface area contributed by atoms with E-state index in [1.54, 1.807) is 31.2 Å². The van der Waals surface area contributed by atoms with E-state index in [1.165, 1.54) is 17.0 Å². The van der Waals surface area contributed by atoms with E-state index in [4.69, 9.17) is 10.2 Å². The maximum atomic E-state index is 14.6. The number of nitrogens with zero attached hydrogens (tertiary/aromatic N) is 6. The number of rotatable bonds is 5. The number of nitrogens with one attached hydrogen (secondary N) is 2. The van der Waals surface area contributed by atoms with Crippen molar-refractivity contribution in [2.24, 2.45) is 0 Å². The summed E-state index contributed by atoms with van der Waals surface area (Å²) >= 11 is 0. The molecular weight excluding hydrogens is 441 g/mol. The Kier molecular flexibility index (Phi) is 5.04. The molecule has 0 saturated carbocycles. The number of aromatic amines is 1. The highest BCUT2D eigenvalue weighted by Crippen LogP contribution is 2.32. The van der Waals surface area contributed by atoms with Crippen LogP contribution in [0, 0.1) is 19.7 Å². The number of benzene rings is 1. The Balaban J connectivity index is 1.67. The summed E-state index contributed by atoms with van der Waals surface area (Å²) in [6, 6.07) is 7.44. The summed E-state index contributed by atoms with van der Waals surface area (Å²) in [5, 5.41) is 18.6. The van der Waals surface area contributed by atoms with Gasteiger partial charge in [0.1, 0.15) is 29.3 Å². The Morgan fingerprint density at radius 3 is 2.74 bits per heavy atom. The fraction of sp³-hybridized carbons (Fsp3) is 0.182. The number of H-pyrrole nitrogens is 1. The normalized spacial score (nSPS) is 12.2. The average Bonchev–Trinajstić information content (AvgIpc) is 3.41. The van der Waals surface area contributed by atoms with Crippen molar-refractivity contribution < 1.29 is 8.81 Å². The molecule has 4 heterocycles. The third kappa shape index (κ3) is 3.54. The molecule has 11 nitrogen and oxygen atoms in total. The fourth-order valence-corrected chi connectivity index (χ4v) is 3.81. The van der Waals surface area contributed by atoms with Crippen LogP contribution in [0.4, 0.5) is 16.0 Å². The number of hydrogen-bond donors (Lipinski definition) is 3. The second kappa shape index (κ2) is 8.06. The van der Waals surface area contributed by atoms with Gasteiger partial charge in [-0.2, -0.15) is 5.10 Å². The van der Waals surface area contributed by atoms with Crippen LogP contribution in [0.15, 0.2) is 45.9 Å². The van der Waals surface area contributed by atoms with Gasteiger partial charge in [-0.1, -0.05) is 12.1 Å². The van der Waals surface area contributed by atoms with Gasteiger partial charge in [0.05, 0.1) is 17.1 Å². The third-order valence-electron chi connectivity index (χ3n) is 5.36. The largest absolute Gasteiger partial charge is 0.421 e. The number of halogens is 1. The summed E-state index contributed by atoms with van der Waals surface area (Å²) in [6.45, 7) is 5.30. The lowest BCUT2D eigenvalue weighted by Crippen LogP contribution is -2.26. The minimum absolute atomic E-state index is 0.0209. The van der Waals surface area contributed by atoms with E-state index in [0.717, 1.165) is 5.69 Å². The standard InChI is InChI=1S/C22H20FN9O2/c1-10-7-16(30-28-10)32-15(8-13-5-4-6-14(23)17(13)22(32)33)11(2)27-20-18(19(24)25-9-26-20)21-31-29-12(3)34-21/h4-9,11H,1-3H3,(H,28,30)(H3,24,25,26,27). The number of aromatic nitrogens is 7. The molecule has 0 aliphatic rings. The van der Waals surface area contributed by atoms with Crippen LogP contribution in [-0.4, -0.2) is 34.9 Å². The lowest BCUT2D eigenvalue weighted by molar-refractivity contribution is 0.532. The summed E-state index contributed by atoms with van der Waals surface area (Å²) in [5.74, 6) is 0.733. The Hall–Kier alpha value is -4.61. The van der Waals surface area contributed by atoms with Crippen molar-refractivity contribution in [3.63, 3.8) is 0 Å². The highest BCUT2D eigenvalue weighted by atomic mass is 19.1. The maximum Gasteiger partial charge on any atom is 0.267 e. The summed E-state index contributed by atoms with van der Waals surface area (Å²) in [7, 11) is 0. The minimum Gasteiger partial charge on any atom is -0.421 e. The zero-order chi connectivity index (χ0) is 24.0. The molecule has 1 unspecified atom stereocenters. The lowest BCUT2D eigenvalue weighted by Gasteiger charge is -2.21. The van der Waals surface area contributed by atoms with Crippen molar-refractivity contribution in [3.05, 3.63) is 70.1 Å². The molecule has 0 amide bonds. The van der Waals surface area contributed by atoms with E-state index in [0.29, 0.717) is 34.2 Å². The van der Waals surface area contributed by atoms with Gasteiger partial charge in [-0.25, -0.2) is 14.4 Å². The topological polar surface area (TPSA) is 153 Å². The molecule has 5 rings (SSSR count). The third-order valence-corrected chi connectivity index (χ3v) is 5.36. The summed E-state index contributed by atoms with van der Waals surface area (Å²) in [5.41, 5.74) is 7.18. The first-order valence-electron chi connectivity index (χ1n) is 10.4. The smallest absolute Gasteiger partial charge is 0.267 e. The zero-order valence-electron chi connectivity index (χ0n) is 18.5. The number of pyridine rings is 1. The molecule has 0 fully saturated rings. The Morgan fingerprint density at radius 1 is 1.21 bits per heavy atom. The van der Waals surface area contributed by atoms with Crippen LogP contribution in [0.3, 0.4) is 0 Å². The van der Waals surface area contributed by atoms with Crippen molar-refractivity contribution in [2.75, 3.05) is 11.1 Å². The molecular formula is C22H20FN9O2. The van der Waals surface area contributed by atoms with Gasteiger partial charge >= 0.3 is 0 Å². The summed E-state index contributed by atoms with van der Waals surface area (Å²) in [6.07, 6.45) is 1.30. The number of fused-ring (bicyclic) bond motifs is 1. The Bertz CT molecular complexity index is 1590. The predicted molar refractivity (Wildman–Crippen MR) is 123 cm³/mol. The predicted octanol–water partition coefficient (Wildman–Crippen LogP) is 3.07. The first-order valence-corrected chi connectivity index (χ1v) is 10.4. The number of nitrogens with two attached hydrogens (primary N) is 1. The molecule has 1 aromatic carbocycles. The van der Waals surface area contributed by atoms with Crippen LogP contribution >= 0.6 is 0 Å². The number of aryl methyl sites for hydroxylation is 2. The molecule has 0 radical (unpaired) electrons. The second-order valence-corrected chi connectivity index (χ2v) is 7.80. The lowest BCUT2D eigenvalue weighted by atomic mass is 10.1. The SMILES string of the molecule is Cc1cc(-n2c(C(C)Nc3ncnc(N)c3-c3nnc(C)o3)cc3cccc(F)c3c2=O)n[nH]1. The van der Waals surface area contributed by atoms with Gasteiger partial charge in [0, 0.05) is 18.7 Å². The monoisotopic (exact) mass is 461 g/mol. The van der Waals surface area contributed by atoms with E-state index in [-0.39, 0.29) is 17.1 Å². The Morgan fingerprint density at radius 2 is 2.03 bits per heavy atom. The minimum atomic E-state index is -0.603. The molecule has 34 heavy (non-hydrogen) atoms. The van der Waals surface area contributed by atoms with Crippen LogP contribution in [0.1, 0.15) is 30.2 Å². The van der Waals surface area contributed by atoms with Crippen LogP contribution < -0.4 is 16.6 Å². The molecule has 4 aromatic heterocycles. The second-order valence-electron chi connectivity index (χ2n) is 7.80. The summed E-state index contributed by atoms with van der Waals surface area (Å²) in [4.78, 5) is 21.8. The molecule has 0 aliphatic carbocycles. The van der Waals surface area contributed by atoms with Crippen molar-refractivity contribution in [2.45, 2.75) is 26.8 Å². The van der Waals surface area contributed by atoms with Gasteiger partial charge < -0.3 is 15.5 Å². The van der Waals surface area contributed by atoms with Crippen LogP contribution in [0.25, 0.3) is 28.0 Å². The van der Waals surface area contributed by atoms with Gasteiger partial charge in [0.15, 0.2) is 5.82 Å². The maximum absolute atomic E-state index is 14.6. The van der Waals surface area contributed by atoms with Crippen LogP contribution in [0.5, 0.6) is 0 Å². The Labute approximate surface area is 191 Å². The molecule has 0 bridgehead atoms. The summed E-state index contributed by atoms with van der Waals surface area (Å²) < 4.78 is 21.5. The van der Waals surface area contributed by atoms with Gasteiger partial charge in [0.25, 0.3) is 11.4 Å². The zero-order valence-corrected chi connectivity index (χ0v) is 18.5. The molecule has 0 spiro atoms. The van der Waals surface area contributed by atoms with Crippen LogP contribution in [-0.2, 0) is 0 Å². The highest BCUT2D eigenvalue weighted by molar-refractivity contribution is 5.83. The van der Waals surface area contributed by atoms with Crippen molar-refractivity contribution in [3.8, 4) is 17.3 Å². The number of nitrogen functional groups attached to an aromatic ring is 1. The molecule has 12 heteroatoms. The van der Waals surface area contributed by atoms with E-state index in [9.17, 15) is 9.18 Å². The van der Waals surface area contributed by atoms with E-state index in [2.05, 4.69) is 35.7 Å². The molecule has 5 aromatic rings. The van der Waals surface area contributed by atoms with Gasteiger partial charge in [-0.3, -0.25) is 14.5 Å². The van der Waals surface area contributed by atoms with Crippen molar-refractivity contribution in [1.82, 2.24) is 34.9 Å².